The van der Waals surface area contributed by atoms with E-state index in [1.165, 1.54) is 11.9 Å². The molecule has 1 heterocycles. The number of ketones is 1. The van der Waals surface area contributed by atoms with Crippen molar-refractivity contribution in [3.05, 3.63) is 59.2 Å². The summed E-state index contributed by atoms with van der Waals surface area (Å²) in [5, 5.41) is 2.81. The van der Waals surface area contributed by atoms with Gasteiger partial charge in [0.25, 0.3) is 5.91 Å². The van der Waals surface area contributed by atoms with E-state index in [-0.39, 0.29) is 12.6 Å². The number of benzene rings is 2. The van der Waals surface area contributed by atoms with E-state index in [1.807, 2.05) is 32.0 Å². The Morgan fingerprint density at radius 1 is 1.11 bits per heavy atom. The molecule has 1 N–H and O–H groups in total. The molecule has 0 saturated carbocycles. The summed E-state index contributed by atoms with van der Waals surface area (Å²) >= 11 is 0. The number of likely N-dealkylation sites (N-methyl/N-ethyl adjacent to an activating group) is 1. The molecule has 28 heavy (non-hydrogen) atoms. The first-order chi connectivity index (χ1) is 13.3. The summed E-state index contributed by atoms with van der Waals surface area (Å²) in [6.07, 6.45) is 0. The van der Waals surface area contributed by atoms with Gasteiger partial charge in [-0.25, -0.2) is 0 Å². The van der Waals surface area contributed by atoms with E-state index in [1.54, 1.807) is 31.2 Å². The van der Waals surface area contributed by atoms with E-state index in [0.717, 1.165) is 16.9 Å². The predicted octanol–water partition coefficient (Wildman–Crippen LogP) is 2.52. The fourth-order valence-corrected chi connectivity index (χ4v) is 3.44. The minimum Gasteiger partial charge on any atom is -0.491 e. The van der Waals surface area contributed by atoms with Crippen molar-refractivity contribution < 1.29 is 19.1 Å². The van der Waals surface area contributed by atoms with Crippen molar-refractivity contribution in [1.29, 1.82) is 0 Å². The van der Waals surface area contributed by atoms with Gasteiger partial charge in [-0.1, -0.05) is 36.4 Å². The molecular weight excluding hydrogens is 356 g/mol. The summed E-state index contributed by atoms with van der Waals surface area (Å²) in [6, 6.07) is 12.5. The topological polar surface area (TPSA) is 75.7 Å². The highest BCUT2D eigenvalue weighted by Gasteiger charge is 2.41. The van der Waals surface area contributed by atoms with Gasteiger partial charge in [-0.2, -0.15) is 0 Å². The van der Waals surface area contributed by atoms with Crippen molar-refractivity contribution in [2.24, 2.45) is 0 Å². The standard InChI is InChI=1S/C22H24N2O4/c1-13-8-7-9-14(2)20(13)28-12-15(3)23-21(26)18-16-10-5-6-11-17(16)24(4)22(27)19(18)25/h5-11,15,18H,12H2,1-4H3,(H,23,26). The summed E-state index contributed by atoms with van der Waals surface area (Å²) in [7, 11) is 1.54. The Bertz CT molecular complexity index is 918. The van der Waals surface area contributed by atoms with Crippen LogP contribution in [-0.2, 0) is 14.4 Å². The quantitative estimate of drug-likeness (QED) is 0.639. The third kappa shape index (κ3) is 3.63. The van der Waals surface area contributed by atoms with Crippen molar-refractivity contribution in [3.63, 3.8) is 0 Å². The molecule has 0 spiro atoms. The van der Waals surface area contributed by atoms with Gasteiger partial charge in [0, 0.05) is 12.7 Å². The molecule has 3 rings (SSSR count). The summed E-state index contributed by atoms with van der Waals surface area (Å²) in [5.41, 5.74) is 3.15. The van der Waals surface area contributed by atoms with Crippen LogP contribution in [0.15, 0.2) is 42.5 Å². The van der Waals surface area contributed by atoms with Gasteiger partial charge < -0.3 is 15.0 Å². The number of hydrogen-bond acceptors (Lipinski definition) is 4. The van der Waals surface area contributed by atoms with Gasteiger partial charge in [0.1, 0.15) is 18.3 Å². The molecule has 2 atom stereocenters. The minimum atomic E-state index is -1.14. The summed E-state index contributed by atoms with van der Waals surface area (Å²) in [5.74, 6) is -2.24. The number of ether oxygens (including phenoxy) is 1. The van der Waals surface area contributed by atoms with E-state index in [0.29, 0.717) is 11.3 Å². The number of aryl methyl sites for hydroxylation is 2. The Morgan fingerprint density at radius 3 is 2.43 bits per heavy atom. The Balaban J connectivity index is 1.73. The van der Waals surface area contributed by atoms with Crippen LogP contribution in [0.2, 0.25) is 0 Å². The average molecular weight is 380 g/mol. The molecule has 1 aliphatic rings. The van der Waals surface area contributed by atoms with Crippen LogP contribution in [0.4, 0.5) is 5.69 Å². The van der Waals surface area contributed by atoms with Crippen LogP contribution in [0.3, 0.4) is 0 Å². The number of carbonyl (C=O) groups is 3. The molecule has 0 aliphatic carbocycles. The first kappa shape index (κ1) is 19.6. The maximum Gasteiger partial charge on any atom is 0.295 e. The molecule has 6 heteroatoms. The van der Waals surface area contributed by atoms with Gasteiger partial charge in [-0.3, -0.25) is 14.4 Å². The maximum absolute atomic E-state index is 12.8. The summed E-state index contributed by atoms with van der Waals surface area (Å²) in [4.78, 5) is 38.9. The van der Waals surface area contributed by atoms with Crippen LogP contribution in [0.25, 0.3) is 0 Å². The molecule has 0 fully saturated rings. The molecule has 0 aromatic heterocycles. The number of amides is 2. The highest BCUT2D eigenvalue weighted by atomic mass is 16.5. The van der Waals surface area contributed by atoms with Crippen LogP contribution in [0, 0.1) is 13.8 Å². The van der Waals surface area contributed by atoms with E-state index in [9.17, 15) is 14.4 Å². The number of anilines is 1. The molecule has 6 nitrogen and oxygen atoms in total. The molecule has 2 aromatic carbocycles. The van der Waals surface area contributed by atoms with Gasteiger partial charge in [0.2, 0.25) is 11.7 Å². The minimum absolute atomic E-state index is 0.258. The molecule has 2 unspecified atom stereocenters. The van der Waals surface area contributed by atoms with Crippen molar-refractivity contribution >= 4 is 23.3 Å². The van der Waals surface area contributed by atoms with E-state index < -0.39 is 23.5 Å². The lowest BCUT2D eigenvalue weighted by Crippen LogP contribution is -2.49. The van der Waals surface area contributed by atoms with Crippen LogP contribution in [-0.4, -0.2) is 37.3 Å². The molecule has 146 valence electrons. The second kappa shape index (κ2) is 7.84. The zero-order chi connectivity index (χ0) is 20.4. The fraction of sp³-hybridized carbons (Fsp3) is 0.318. The number of hydrogen-bond donors (Lipinski definition) is 1. The van der Waals surface area contributed by atoms with Gasteiger partial charge in [-0.05, 0) is 43.5 Å². The molecule has 0 radical (unpaired) electrons. The Kier molecular flexibility index (Phi) is 5.49. The number of fused-ring (bicyclic) bond motifs is 1. The normalized spacial score (nSPS) is 17.1. The lowest BCUT2D eigenvalue weighted by atomic mass is 9.87. The summed E-state index contributed by atoms with van der Waals surface area (Å²) < 4.78 is 5.88. The van der Waals surface area contributed by atoms with Gasteiger partial charge in [0.05, 0.1) is 6.04 Å². The third-order valence-corrected chi connectivity index (χ3v) is 4.92. The van der Waals surface area contributed by atoms with Crippen molar-refractivity contribution in [2.45, 2.75) is 32.7 Å². The summed E-state index contributed by atoms with van der Waals surface area (Å²) in [6.45, 7) is 5.99. The van der Waals surface area contributed by atoms with E-state index >= 15 is 0 Å². The average Bonchev–Trinajstić information content (AvgIpc) is 2.66. The van der Waals surface area contributed by atoms with Crippen LogP contribution >= 0.6 is 0 Å². The molecule has 1 aliphatic heterocycles. The monoisotopic (exact) mass is 380 g/mol. The SMILES string of the molecule is Cc1cccc(C)c1OCC(C)NC(=O)C1C(=O)C(=O)N(C)c2ccccc21. The first-order valence-corrected chi connectivity index (χ1v) is 9.21. The van der Waals surface area contributed by atoms with Gasteiger partial charge in [-0.15, -0.1) is 0 Å². The lowest BCUT2D eigenvalue weighted by Gasteiger charge is -2.30. The number of rotatable bonds is 5. The second-order valence-corrected chi connectivity index (χ2v) is 7.16. The lowest BCUT2D eigenvalue weighted by molar-refractivity contribution is -0.141. The first-order valence-electron chi connectivity index (χ1n) is 9.21. The van der Waals surface area contributed by atoms with Crippen molar-refractivity contribution in [3.8, 4) is 5.75 Å². The number of para-hydroxylation sites is 2. The van der Waals surface area contributed by atoms with Gasteiger partial charge >= 0.3 is 0 Å². The smallest absolute Gasteiger partial charge is 0.295 e. The Labute approximate surface area is 164 Å². The predicted molar refractivity (Wildman–Crippen MR) is 107 cm³/mol. The van der Waals surface area contributed by atoms with Crippen LogP contribution < -0.4 is 15.0 Å². The molecule has 2 amide bonds. The number of nitrogens with zero attached hydrogens (tertiary/aromatic N) is 1. The second-order valence-electron chi connectivity index (χ2n) is 7.16. The van der Waals surface area contributed by atoms with Gasteiger partial charge in [0.15, 0.2) is 0 Å². The van der Waals surface area contributed by atoms with Crippen LogP contribution in [0.5, 0.6) is 5.75 Å². The Morgan fingerprint density at radius 2 is 1.75 bits per heavy atom. The highest BCUT2D eigenvalue weighted by Crippen LogP contribution is 2.33. The van der Waals surface area contributed by atoms with Crippen LogP contribution in [0.1, 0.15) is 29.5 Å². The highest BCUT2D eigenvalue weighted by molar-refractivity contribution is 6.48. The number of carbonyl (C=O) groups excluding carboxylic acids is 3. The molecular formula is C22H24N2O4. The zero-order valence-corrected chi connectivity index (χ0v) is 16.5. The zero-order valence-electron chi connectivity index (χ0n) is 16.5. The maximum atomic E-state index is 12.8. The van der Waals surface area contributed by atoms with E-state index in [4.69, 9.17) is 4.74 Å². The number of Topliss-reactive ketones (excluding diaryl/α,β-unsaturated/α-hetero) is 1. The fourth-order valence-electron chi connectivity index (χ4n) is 3.44. The Hall–Kier alpha value is -3.15. The van der Waals surface area contributed by atoms with Crippen molar-refractivity contribution in [2.75, 3.05) is 18.6 Å². The molecule has 2 aromatic rings. The third-order valence-electron chi connectivity index (χ3n) is 4.92. The molecule has 0 bridgehead atoms. The largest absolute Gasteiger partial charge is 0.491 e. The van der Waals surface area contributed by atoms with Crippen molar-refractivity contribution in [1.82, 2.24) is 5.32 Å². The number of nitrogens with one attached hydrogen (secondary N) is 1. The van der Waals surface area contributed by atoms with E-state index in [2.05, 4.69) is 5.32 Å². The molecule has 0 saturated heterocycles.